The first kappa shape index (κ1) is 13.1. The second kappa shape index (κ2) is 5.63. The summed E-state index contributed by atoms with van der Waals surface area (Å²) in [5.41, 5.74) is 2.89. The third-order valence-corrected chi connectivity index (χ3v) is 4.89. The fourth-order valence-corrected chi connectivity index (χ4v) is 3.58. The molecule has 4 heteroatoms. The van der Waals surface area contributed by atoms with E-state index >= 15 is 0 Å². The van der Waals surface area contributed by atoms with Crippen LogP contribution in [-0.2, 0) is 20.0 Å². The number of nitrogens with zero attached hydrogens (tertiary/aromatic N) is 3. The molecule has 0 amide bonds. The van der Waals surface area contributed by atoms with E-state index < -0.39 is 0 Å². The first-order valence-electron chi connectivity index (χ1n) is 7.67. The fourth-order valence-electron chi connectivity index (χ4n) is 3.58. The third kappa shape index (κ3) is 2.84. The molecule has 1 saturated heterocycles. The summed E-state index contributed by atoms with van der Waals surface area (Å²) in [4.78, 5) is 2.65. The molecule has 1 aromatic rings. The van der Waals surface area contributed by atoms with Crippen LogP contribution >= 0.6 is 0 Å². The van der Waals surface area contributed by atoms with Gasteiger partial charge in [-0.25, -0.2) is 0 Å². The summed E-state index contributed by atoms with van der Waals surface area (Å²) in [5.74, 6) is 1.67. The molecule has 0 spiro atoms. The molecule has 0 radical (unpaired) electrons. The van der Waals surface area contributed by atoms with Gasteiger partial charge in [-0.05, 0) is 50.7 Å². The molecular weight excluding hydrogens is 236 g/mol. The Labute approximate surface area is 116 Å². The molecule has 106 valence electrons. The van der Waals surface area contributed by atoms with Crippen molar-refractivity contribution in [1.29, 1.82) is 0 Å². The summed E-state index contributed by atoms with van der Waals surface area (Å²) in [6.07, 6.45) is 5.85. The molecule has 0 aromatic carbocycles. The standard InChI is InChI=1S/C15H26N4/c1-12-8-16-6-5-13(12)10-19-7-3-4-15-14(11-19)9-17-18(15)2/h9,12-13,16H,3-8,10-11H2,1-2H3. The summed E-state index contributed by atoms with van der Waals surface area (Å²) in [5, 5.41) is 7.92. The van der Waals surface area contributed by atoms with Crippen LogP contribution in [0.3, 0.4) is 0 Å². The zero-order valence-corrected chi connectivity index (χ0v) is 12.2. The number of aryl methyl sites for hydroxylation is 1. The lowest BCUT2D eigenvalue weighted by atomic mass is 9.87. The molecular formula is C15H26N4. The van der Waals surface area contributed by atoms with E-state index in [9.17, 15) is 0 Å². The molecule has 4 nitrogen and oxygen atoms in total. The number of aromatic nitrogens is 2. The van der Waals surface area contributed by atoms with Crippen molar-refractivity contribution in [3.63, 3.8) is 0 Å². The zero-order valence-electron chi connectivity index (χ0n) is 12.2. The summed E-state index contributed by atoms with van der Waals surface area (Å²) in [6, 6.07) is 0. The molecule has 0 bridgehead atoms. The van der Waals surface area contributed by atoms with Crippen molar-refractivity contribution in [1.82, 2.24) is 20.0 Å². The summed E-state index contributed by atoms with van der Waals surface area (Å²) in [6.45, 7) is 8.38. The van der Waals surface area contributed by atoms with Gasteiger partial charge in [0.1, 0.15) is 0 Å². The van der Waals surface area contributed by atoms with Crippen LogP contribution in [0.1, 0.15) is 31.0 Å². The third-order valence-electron chi connectivity index (χ3n) is 4.89. The highest BCUT2D eigenvalue weighted by molar-refractivity contribution is 5.19. The summed E-state index contributed by atoms with van der Waals surface area (Å²) < 4.78 is 2.06. The lowest BCUT2D eigenvalue weighted by Crippen LogP contribution is -2.41. The number of rotatable bonds is 2. The van der Waals surface area contributed by atoms with E-state index in [1.54, 1.807) is 0 Å². The van der Waals surface area contributed by atoms with Crippen molar-refractivity contribution in [2.75, 3.05) is 26.2 Å². The van der Waals surface area contributed by atoms with Gasteiger partial charge in [0, 0.05) is 31.4 Å². The van der Waals surface area contributed by atoms with E-state index in [-0.39, 0.29) is 0 Å². The monoisotopic (exact) mass is 262 g/mol. The summed E-state index contributed by atoms with van der Waals surface area (Å²) in [7, 11) is 2.07. The minimum absolute atomic E-state index is 0.811. The van der Waals surface area contributed by atoms with Gasteiger partial charge < -0.3 is 5.32 Å². The van der Waals surface area contributed by atoms with Gasteiger partial charge in [0.2, 0.25) is 0 Å². The average molecular weight is 262 g/mol. The minimum Gasteiger partial charge on any atom is -0.316 e. The van der Waals surface area contributed by atoms with Gasteiger partial charge in [-0.15, -0.1) is 0 Å². The van der Waals surface area contributed by atoms with Gasteiger partial charge in [-0.1, -0.05) is 6.92 Å². The van der Waals surface area contributed by atoms with E-state index in [0.29, 0.717) is 0 Å². The van der Waals surface area contributed by atoms with Crippen LogP contribution in [0.4, 0.5) is 0 Å². The average Bonchev–Trinajstić information content (AvgIpc) is 2.63. The van der Waals surface area contributed by atoms with Gasteiger partial charge in [0.25, 0.3) is 0 Å². The Morgan fingerprint density at radius 1 is 1.47 bits per heavy atom. The SMILES string of the molecule is CC1CNCCC1CN1CCCc2c(cnn2C)C1. The molecule has 0 saturated carbocycles. The Morgan fingerprint density at radius 2 is 2.37 bits per heavy atom. The predicted molar refractivity (Wildman–Crippen MR) is 76.9 cm³/mol. The molecule has 1 fully saturated rings. The molecule has 1 N–H and O–H groups in total. The van der Waals surface area contributed by atoms with Crippen LogP contribution in [0.2, 0.25) is 0 Å². The molecule has 2 unspecified atom stereocenters. The Kier molecular flexibility index (Phi) is 3.89. The molecule has 1 aromatic heterocycles. The highest BCUT2D eigenvalue weighted by Gasteiger charge is 2.25. The van der Waals surface area contributed by atoms with Crippen molar-refractivity contribution in [2.24, 2.45) is 18.9 Å². The van der Waals surface area contributed by atoms with Crippen LogP contribution in [-0.4, -0.2) is 40.9 Å². The quantitative estimate of drug-likeness (QED) is 0.875. The van der Waals surface area contributed by atoms with Gasteiger partial charge in [0.15, 0.2) is 0 Å². The predicted octanol–water partition coefficient (Wildman–Crippen LogP) is 1.41. The second-order valence-corrected chi connectivity index (χ2v) is 6.31. The van der Waals surface area contributed by atoms with E-state index in [1.165, 1.54) is 56.7 Å². The normalized spacial score (nSPS) is 28.9. The molecule has 2 atom stereocenters. The maximum Gasteiger partial charge on any atom is 0.0537 e. The largest absolute Gasteiger partial charge is 0.316 e. The number of hydrogen-bond donors (Lipinski definition) is 1. The van der Waals surface area contributed by atoms with E-state index in [1.807, 2.05) is 0 Å². The van der Waals surface area contributed by atoms with Crippen LogP contribution < -0.4 is 5.32 Å². The van der Waals surface area contributed by atoms with Crippen LogP contribution in [0.5, 0.6) is 0 Å². The Morgan fingerprint density at radius 3 is 3.21 bits per heavy atom. The van der Waals surface area contributed by atoms with Gasteiger partial charge >= 0.3 is 0 Å². The van der Waals surface area contributed by atoms with Crippen LogP contribution in [0.15, 0.2) is 6.20 Å². The first-order valence-corrected chi connectivity index (χ1v) is 7.67. The van der Waals surface area contributed by atoms with Gasteiger partial charge in [-0.3, -0.25) is 9.58 Å². The highest BCUT2D eigenvalue weighted by atomic mass is 15.3. The first-order chi connectivity index (χ1) is 9.24. The fraction of sp³-hybridized carbons (Fsp3) is 0.800. The molecule has 0 aliphatic carbocycles. The Hall–Kier alpha value is -0.870. The number of nitrogens with one attached hydrogen (secondary N) is 1. The second-order valence-electron chi connectivity index (χ2n) is 6.31. The summed E-state index contributed by atoms with van der Waals surface area (Å²) >= 11 is 0. The Balaban J connectivity index is 1.65. The zero-order chi connectivity index (χ0) is 13.2. The molecule has 3 heterocycles. The topological polar surface area (TPSA) is 33.1 Å². The van der Waals surface area contributed by atoms with Crippen molar-refractivity contribution in [3.8, 4) is 0 Å². The van der Waals surface area contributed by atoms with Crippen molar-refractivity contribution < 1.29 is 0 Å². The molecule has 3 rings (SSSR count). The number of piperidine rings is 1. The van der Waals surface area contributed by atoms with E-state index in [2.05, 4.69) is 40.2 Å². The van der Waals surface area contributed by atoms with Crippen molar-refractivity contribution in [3.05, 3.63) is 17.5 Å². The van der Waals surface area contributed by atoms with Gasteiger partial charge in [0.05, 0.1) is 6.20 Å². The minimum atomic E-state index is 0.811. The van der Waals surface area contributed by atoms with Gasteiger partial charge in [-0.2, -0.15) is 5.10 Å². The lowest BCUT2D eigenvalue weighted by Gasteiger charge is -2.33. The number of hydrogen-bond acceptors (Lipinski definition) is 3. The van der Waals surface area contributed by atoms with Crippen LogP contribution in [0, 0.1) is 11.8 Å². The molecule has 2 aliphatic rings. The maximum absolute atomic E-state index is 4.42. The van der Waals surface area contributed by atoms with E-state index in [4.69, 9.17) is 0 Å². The smallest absolute Gasteiger partial charge is 0.0537 e. The maximum atomic E-state index is 4.42. The Bertz CT molecular complexity index is 426. The molecule has 2 aliphatic heterocycles. The lowest BCUT2D eigenvalue weighted by molar-refractivity contribution is 0.164. The molecule has 19 heavy (non-hydrogen) atoms. The van der Waals surface area contributed by atoms with E-state index in [0.717, 1.165) is 18.4 Å². The van der Waals surface area contributed by atoms with Crippen molar-refractivity contribution >= 4 is 0 Å². The number of fused-ring (bicyclic) bond motifs is 1. The van der Waals surface area contributed by atoms with Crippen molar-refractivity contribution in [2.45, 2.75) is 32.7 Å². The highest BCUT2D eigenvalue weighted by Crippen LogP contribution is 2.23. The van der Waals surface area contributed by atoms with Crippen LogP contribution in [0.25, 0.3) is 0 Å².